The molecule has 0 atom stereocenters. The average Bonchev–Trinajstić information content (AvgIpc) is 0.777. The molecule has 0 amide bonds. The van der Waals surface area contributed by atoms with Gasteiger partial charge < -0.3 is 28.1 Å². The van der Waals surface area contributed by atoms with Crippen molar-refractivity contribution < 1.29 is 0 Å². The summed E-state index contributed by atoms with van der Waals surface area (Å²) in [5, 5.41) is 7.40. The Balaban J connectivity index is 0.000000143. The van der Waals surface area contributed by atoms with Crippen molar-refractivity contribution in [2.24, 2.45) is 0 Å². The maximum absolute atomic E-state index is 4.62. The number of hydrogen-bond acceptors (Lipinski definition) is 5. The van der Waals surface area contributed by atoms with Crippen LogP contribution in [0.3, 0.4) is 0 Å². The normalized spacial score (nSPS) is 13.1. The maximum Gasteiger partial charge on any atom is 0.159 e. The second-order valence-corrected chi connectivity index (χ2v) is 33.6. The number of benzene rings is 16. The standard InChI is InChI=1S/C58H42N4.C57H41N5/c1-58(2)50-37-42(39-14-6-3-7-15-39)24-30-55(50)61(46-26-21-40(22-27-46)52-20-12-13-34-59-52)56-31-25-43(38-51(56)58)41-23-29-54-49(36-41)47-28-32-53-48(33-35-60(53)44-16-8-4-9-17-44)57(47)62(54)45-18-10-5-11-19-45;1-57(2)49-36-41(38-13-6-3-7-14-38)22-28-53(49)61(45-24-19-39(20-25-45)56-58-32-12-33-59-56)54-29-23-42(37-50(54)57)40-21-27-52-48(35-40)46-26-30-51-47(31-34-60(51)43-15-8-4-9-16-43)55(46)62(52)44-17-10-5-11-18-44/h3-38H,1-2H3;3-37H,1-2H3. The number of rotatable bonds is 12. The first-order valence-electron chi connectivity index (χ1n) is 42.6. The van der Waals surface area contributed by atoms with Gasteiger partial charge in [0.1, 0.15) is 0 Å². The highest BCUT2D eigenvalue weighted by atomic mass is 15.2. The number of fused-ring (bicyclic) bond motifs is 14. The molecule has 0 spiro atoms. The SMILES string of the molecule is CC1(C)c2cc(-c3ccccc3)ccc2N(c2ccc(-c3ccccn3)cc2)c2ccc(-c3ccc4c(c3)c3ccc5c(ccn5-c5ccccc5)c3n4-c3ccccc3)cc21.CC1(C)c2cc(-c3ccccc3)ccc2N(c2ccc(-c3ncccn3)cc2)c2ccc(-c3ccc4c(c3)c3ccc5c(ccn5-c5ccccc5)c3n4-c3ccccc3)cc21. The second-order valence-electron chi connectivity index (χ2n) is 33.6. The first-order valence-corrected chi connectivity index (χ1v) is 42.6. The van der Waals surface area contributed by atoms with Gasteiger partial charge in [-0.2, -0.15) is 0 Å². The molecule has 8 heterocycles. The topological polar surface area (TPSA) is 64.9 Å². The highest BCUT2D eigenvalue weighted by Gasteiger charge is 2.40. The average molecular weight is 1590 g/mol. The summed E-state index contributed by atoms with van der Waals surface area (Å²) in [6.07, 6.45) is 9.83. The van der Waals surface area contributed by atoms with E-state index in [1.165, 1.54) is 155 Å². The van der Waals surface area contributed by atoms with E-state index in [0.29, 0.717) is 0 Å². The van der Waals surface area contributed by atoms with Crippen molar-refractivity contribution in [3.63, 3.8) is 0 Å². The molecular formula is C115H83N9. The van der Waals surface area contributed by atoms with Crippen LogP contribution in [0, 0.1) is 0 Å². The van der Waals surface area contributed by atoms with Gasteiger partial charge in [-0.05, 0) is 267 Å². The Kier molecular flexibility index (Phi) is 17.4. The number of nitrogens with zero attached hydrogens (tertiary/aromatic N) is 9. The van der Waals surface area contributed by atoms with E-state index in [0.717, 1.165) is 56.8 Å². The second kappa shape index (κ2) is 29.5. The van der Waals surface area contributed by atoms with Gasteiger partial charge in [0.05, 0.1) is 61.5 Å². The number of hydrogen-bond donors (Lipinski definition) is 0. The van der Waals surface area contributed by atoms with Crippen LogP contribution in [-0.4, -0.2) is 33.2 Å². The smallest absolute Gasteiger partial charge is 0.159 e. The Labute approximate surface area is 719 Å². The highest BCUT2D eigenvalue weighted by molar-refractivity contribution is 6.21. The molecule has 588 valence electrons. The van der Waals surface area contributed by atoms with Gasteiger partial charge in [0.15, 0.2) is 5.82 Å². The lowest BCUT2D eigenvalue weighted by atomic mass is 9.72. The lowest BCUT2D eigenvalue weighted by Gasteiger charge is -2.42. The minimum atomic E-state index is -0.301. The van der Waals surface area contributed by atoms with Gasteiger partial charge >= 0.3 is 0 Å². The lowest BCUT2D eigenvalue weighted by molar-refractivity contribution is 0.632. The first-order chi connectivity index (χ1) is 61.0. The third kappa shape index (κ3) is 12.2. The molecule has 9 nitrogen and oxygen atoms in total. The van der Waals surface area contributed by atoms with Crippen molar-refractivity contribution in [1.29, 1.82) is 0 Å². The number of para-hydroxylation sites is 4. The molecule has 24 rings (SSSR count). The van der Waals surface area contributed by atoms with E-state index < -0.39 is 0 Å². The summed E-state index contributed by atoms with van der Waals surface area (Å²) in [6, 6.07) is 145. The summed E-state index contributed by atoms with van der Waals surface area (Å²) in [4.78, 5) is 18.5. The zero-order valence-electron chi connectivity index (χ0n) is 69.0. The van der Waals surface area contributed by atoms with Crippen LogP contribution >= 0.6 is 0 Å². The molecule has 0 N–H and O–H groups in total. The molecule has 0 fully saturated rings. The van der Waals surface area contributed by atoms with E-state index in [9.17, 15) is 0 Å². The van der Waals surface area contributed by atoms with E-state index in [2.05, 4.69) is 465 Å². The fraction of sp³-hybridized carbons (Fsp3) is 0.0522. The molecule has 2 aliphatic heterocycles. The van der Waals surface area contributed by atoms with Gasteiger partial charge in [0.25, 0.3) is 0 Å². The van der Waals surface area contributed by atoms with Crippen LogP contribution in [0.5, 0.6) is 0 Å². The Bertz CT molecular complexity index is 7380. The number of aromatic nitrogens is 7. The molecule has 22 aromatic rings. The van der Waals surface area contributed by atoms with Gasteiger partial charge in [-0.1, -0.05) is 228 Å². The van der Waals surface area contributed by atoms with E-state index in [1.54, 1.807) is 12.4 Å². The first kappa shape index (κ1) is 73.2. The minimum absolute atomic E-state index is 0.291. The molecule has 6 aromatic heterocycles. The highest BCUT2D eigenvalue weighted by Crippen LogP contribution is 2.57. The van der Waals surface area contributed by atoms with Crippen molar-refractivity contribution in [2.45, 2.75) is 38.5 Å². The summed E-state index contributed by atoms with van der Waals surface area (Å²) in [5.41, 5.74) is 36.0. The third-order valence-electron chi connectivity index (χ3n) is 25.8. The molecule has 0 saturated heterocycles. The van der Waals surface area contributed by atoms with Gasteiger partial charge in [-0.3, -0.25) is 4.98 Å². The quantitative estimate of drug-likeness (QED) is 0.122. The van der Waals surface area contributed by atoms with Gasteiger partial charge in [0.2, 0.25) is 0 Å². The summed E-state index contributed by atoms with van der Waals surface area (Å²) in [7, 11) is 0. The summed E-state index contributed by atoms with van der Waals surface area (Å²) in [6.45, 7) is 9.52. The van der Waals surface area contributed by atoms with Crippen molar-refractivity contribution in [3.05, 3.63) is 454 Å². The summed E-state index contributed by atoms with van der Waals surface area (Å²) >= 11 is 0. The predicted octanol–water partition coefficient (Wildman–Crippen LogP) is 29.9. The number of pyridine rings is 1. The van der Waals surface area contributed by atoms with Crippen LogP contribution in [0.4, 0.5) is 34.1 Å². The largest absolute Gasteiger partial charge is 0.316 e. The molecule has 0 radical (unpaired) electrons. The Morgan fingerprint density at radius 3 is 0.919 bits per heavy atom. The molecule has 16 aromatic carbocycles. The fourth-order valence-electron chi connectivity index (χ4n) is 19.7. The van der Waals surface area contributed by atoms with E-state index in [1.807, 2.05) is 24.4 Å². The zero-order valence-corrected chi connectivity index (χ0v) is 69.0. The van der Waals surface area contributed by atoms with Crippen molar-refractivity contribution in [3.8, 4) is 89.9 Å². The Morgan fingerprint density at radius 1 is 0.210 bits per heavy atom. The van der Waals surface area contributed by atoms with Crippen LogP contribution in [0.15, 0.2) is 431 Å². The lowest BCUT2D eigenvalue weighted by Crippen LogP contribution is -2.30. The van der Waals surface area contributed by atoms with Crippen LogP contribution in [-0.2, 0) is 10.8 Å². The third-order valence-corrected chi connectivity index (χ3v) is 25.8. The molecule has 0 saturated carbocycles. The molecule has 0 bridgehead atoms. The monoisotopic (exact) mass is 1590 g/mol. The van der Waals surface area contributed by atoms with Crippen LogP contribution in [0.2, 0.25) is 0 Å². The molecule has 0 aliphatic carbocycles. The van der Waals surface area contributed by atoms with E-state index in [-0.39, 0.29) is 10.8 Å². The Hall–Kier alpha value is -16.0. The van der Waals surface area contributed by atoms with Gasteiger partial charge in [-0.25, -0.2) is 9.97 Å². The summed E-state index contributed by atoms with van der Waals surface area (Å²) in [5.74, 6) is 0.718. The van der Waals surface area contributed by atoms with E-state index >= 15 is 0 Å². The number of anilines is 6. The van der Waals surface area contributed by atoms with Crippen LogP contribution in [0.25, 0.3) is 155 Å². The zero-order chi connectivity index (χ0) is 82.7. The van der Waals surface area contributed by atoms with Crippen LogP contribution < -0.4 is 9.80 Å². The predicted molar refractivity (Wildman–Crippen MR) is 515 cm³/mol. The Morgan fingerprint density at radius 2 is 0.532 bits per heavy atom. The molecule has 2 aliphatic rings. The maximum atomic E-state index is 4.62. The van der Waals surface area contributed by atoms with Crippen LogP contribution in [0.1, 0.15) is 49.9 Å². The van der Waals surface area contributed by atoms with Gasteiger partial charge in [-0.15, -0.1) is 0 Å². The molecule has 9 heteroatoms. The minimum Gasteiger partial charge on any atom is -0.316 e. The molecule has 124 heavy (non-hydrogen) atoms. The summed E-state index contributed by atoms with van der Waals surface area (Å²) < 4.78 is 9.47. The molecule has 0 unspecified atom stereocenters. The fourth-order valence-corrected chi connectivity index (χ4v) is 19.7. The van der Waals surface area contributed by atoms with E-state index in [4.69, 9.17) is 0 Å². The van der Waals surface area contributed by atoms with Crippen molar-refractivity contribution in [2.75, 3.05) is 9.80 Å². The van der Waals surface area contributed by atoms with Crippen molar-refractivity contribution in [1.82, 2.24) is 33.2 Å². The van der Waals surface area contributed by atoms with Gasteiger partial charge in [0, 0.05) is 119 Å². The van der Waals surface area contributed by atoms with Crippen molar-refractivity contribution >= 4 is 99.5 Å². The molecular weight excluding hydrogens is 1510 g/mol.